The molecular formula is C19H30N6O2. The van der Waals surface area contributed by atoms with Gasteiger partial charge in [0.15, 0.2) is 11.6 Å². The van der Waals surface area contributed by atoms with Gasteiger partial charge in [-0.15, -0.1) is 10.2 Å². The van der Waals surface area contributed by atoms with Crippen LogP contribution in [0.15, 0.2) is 29.4 Å². The Labute approximate surface area is 160 Å². The highest BCUT2D eigenvalue weighted by molar-refractivity contribution is 5.80. The molecule has 2 N–H and O–H groups in total. The minimum absolute atomic E-state index is 0.184. The number of nitrogens with zero attached hydrogens (tertiary/aromatic N) is 4. The fourth-order valence-electron chi connectivity index (χ4n) is 3.01. The number of aliphatic imine (C=N–C) groups is 1. The Kier molecular flexibility index (Phi) is 7.41. The molecule has 0 bridgehead atoms. The van der Waals surface area contributed by atoms with Crippen LogP contribution in [0, 0.1) is 0 Å². The van der Waals surface area contributed by atoms with Gasteiger partial charge in [-0.2, -0.15) is 0 Å². The lowest BCUT2D eigenvalue weighted by molar-refractivity contribution is 0.0347. The molecule has 2 aromatic rings. The maximum absolute atomic E-state index is 5.87. The SMILES string of the molecule is CCNC(=NCCCc1nnc2ccccn12)NC(C)COC1CCOC1. The summed E-state index contributed by atoms with van der Waals surface area (Å²) in [4.78, 5) is 4.67. The molecule has 27 heavy (non-hydrogen) atoms. The summed E-state index contributed by atoms with van der Waals surface area (Å²) in [6.45, 7) is 7.87. The molecule has 2 atom stereocenters. The molecule has 3 rings (SSSR count). The van der Waals surface area contributed by atoms with Crippen LogP contribution in [0.1, 0.15) is 32.5 Å². The van der Waals surface area contributed by atoms with Crippen molar-refractivity contribution in [2.45, 2.75) is 45.3 Å². The molecule has 0 amide bonds. The lowest BCUT2D eigenvalue weighted by atomic mass is 10.3. The van der Waals surface area contributed by atoms with E-state index < -0.39 is 0 Å². The van der Waals surface area contributed by atoms with E-state index in [0.29, 0.717) is 13.2 Å². The Bertz CT molecular complexity index is 726. The van der Waals surface area contributed by atoms with E-state index in [1.807, 2.05) is 28.8 Å². The average molecular weight is 374 g/mol. The molecule has 2 unspecified atom stereocenters. The molecule has 3 heterocycles. The number of guanidine groups is 1. The van der Waals surface area contributed by atoms with Crippen molar-refractivity contribution in [2.75, 3.05) is 32.9 Å². The van der Waals surface area contributed by atoms with Crippen LogP contribution in [0.5, 0.6) is 0 Å². The van der Waals surface area contributed by atoms with Crippen LogP contribution in [0.2, 0.25) is 0 Å². The standard InChI is InChI=1S/C19H30N6O2/c1-3-20-19(22-15(2)13-27-16-9-12-26-14-16)21-10-6-8-18-24-23-17-7-4-5-11-25(17)18/h4-5,7,11,15-16H,3,6,8-10,12-14H2,1-2H3,(H2,20,21,22). The van der Waals surface area contributed by atoms with Crippen molar-refractivity contribution in [1.82, 2.24) is 25.2 Å². The van der Waals surface area contributed by atoms with E-state index >= 15 is 0 Å². The molecule has 1 fully saturated rings. The predicted molar refractivity (Wildman–Crippen MR) is 105 cm³/mol. The van der Waals surface area contributed by atoms with Crippen molar-refractivity contribution in [3.63, 3.8) is 0 Å². The molecule has 0 aromatic carbocycles. The van der Waals surface area contributed by atoms with Gasteiger partial charge in [0.2, 0.25) is 0 Å². The second-order valence-electron chi connectivity index (χ2n) is 6.77. The van der Waals surface area contributed by atoms with Gasteiger partial charge in [0, 0.05) is 38.4 Å². The van der Waals surface area contributed by atoms with Gasteiger partial charge in [-0.1, -0.05) is 6.07 Å². The zero-order valence-electron chi connectivity index (χ0n) is 16.2. The van der Waals surface area contributed by atoms with E-state index in [-0.39, 0.29) is 12.1 Å². The van der Waals surface area contributed by atoms with Gasteiger partial charge < -0.3 is 20.1 Å². The number of rotatable bonds is 9. The van der Waals surface area contributed by atoms with Crippen molar-refractivity contribution in [3.8, 4) is 0 Å². The summed E-state index contributed by atoms with van der Waals surface area (Å²) in [6, 6.07) is 6.11. The molecule has 148 valence electrons. The van der Waals surface area contributed by atoms with Gasteiger partial charge in [0.05, 0.1) is 19.3 Å². The predicted octanol–water partition coefficient (Wildman–Crippen LogP) is 1.41. The van der Waals surface area contributed by atoms with Crippen LogP contribution in [0.4, 0.5) is 0 Å². The third-order valence-corrected chi connectivity index (χ3v) is 4.41. The van der Waals surface area contributed by atoms with Crippen LogP contribution in [0.25, 0.3) is 5.65 Å². The van der Waals surface area contributed by atoms with Crippen molar-refractivity contribution in [3.05, 3.63) is 30.2 Å². The normalized spacial score (nSPS) is 18.7. The number of fused-ring (bicyclic) bond motifs is 1. The number of hydrogen-bond donors (Lipinski definition) is 2. The lowest BCUT2D eigenvalue weighted by Crippen LogP contribution is -2.44. The van der Waals surface area contributed by atoms with E-state index in [4.69, 9.17) is 9.47 Å². The Morgan fingerprint density at radius 2 is 2.37 bits per heavy atom. The molecule has 1 aliphatic rings. The number of aryl methyl sites for hydroxylation is 1. The number of pyridine rings is 1. The van der Waals surface area contributed by atoms with Crippen LogP contribution in [0.3, 0.4) is 0 Å². The maximum atomic E-state index is 5.87. The zero-order chi connectivity index (χ0) is 18.9. The summed E-state index contributed by atoms with van der Waals surface area (Å²) in [5.74, 6) is 1.79. The largest absolute Gasteiger partial charge is 0.379 e. The first-order valence-corrected chi connectivity index (χ1v) is 9.79. The minimum Gasteiger partial charge on any atom is -0.379 e. The van der Waals surface area contributed by atoms with Gasteiger partial charge in [-0.25, -0.2) is 0 Å². The van der Waals surface area contributed by atoms with Gasteiger partial charge in [-0.3, -0.25) is 9.39 Å². The van der Waals surface area contributed by atoms with Crippen LogP contribution < -0.4 is 10.6 Å². The minimum atomic E-state index is 0.184. The van der Waals surface area contributed by atoms with E-state index in [2.05, 4.69) is 39.7 Å². The quantitative estimate of drug-likeness (QED) is 0.392. The van der Waals surface area contributed by atoms with E-state index in [0.717, 1.165) is 56.4 Å². The summed E-state index contributed by atoms with van der Waals surface area (Å²) in [5, 5.41) is 15.1. The highest BCUT2D eigenvalue weighted by Gasteiger charge is 2.17. The topological polar surface area (TPSA) is 85.1 Å². The number of hydrogen-bond acceptors (Lipinski definition) is 5. The molecule has 1 saturated heterocycles. The Morgan fingerprint density at radius 3 is 3.19 bits per heavy atom. The molecule has 2 aromatic heterocycles. The molecule has 0 saturated carbocycles. The Hall–Kier alpha value is -2.19. The number of aromatic nitrogens is 3. The molecule has 0 aliphatic carbocycles. The molecule has 8 nitrogen and oxygen atoms in total. The second kappa shape index (κ2) is 10.2. The van der Waals surface area contributed by atoms with Crippen molar-refractivity contribution in [1.29, 1.82) is 0 Å². The highest BCUT2D eigenvalue weighted by Crippen LogP contribution is 2.08. The summed E-state index contributed by atoms with van der Waals surface area (Å²) >= 11 is 0. The fourth-order valence-corrected chi connectivity index (χ4v) is 3.01. The molecular weight excluding hydrogens is 344 g/mol. The summed E-state index contributed by atoms with van der Waals surface area (Å²) < 4.78 is 13.2. The number of ether oxygens (including phenoxy) is 2. The summed E-state index contributed by atoms with van der Waals surface area (Å²) in [5.41, 5.74) is 0.882. The van der Waals surface area contributed by atoms with E-state index in [1.54, 1.807) is 0 Å². The zero-order valence-corrected chi connectivity index (χ0v) is 16.2. The molecule has 0 radical (unpaired) electrons. The molecule has 1 aliphatic heterocycles. The first-order chi connectivity index (χ1) is 13.3. The average Bonchev–Trinajstić information content (AvgIpc) is 3.34. The maximum Gasteiger partial charge on any atom is 0.191 e. The van der Waals surface area contributed by atoms with E-state index in [9.17, 15) is 0 Å². The third-order valence-electron chi connectivity index (χ3n) is 4.41. The molecule has 8 heteroatoms. The smallest absolute Gasteiger partial charge is 0.191 e. The van der Waals surface area contributed by atoms with Crippen LogP contribution in [-0.2, 0) is 15.9 Å². The Balaban J connectivity index is 1.43. The Morgan fingerprint density at radius 1 is 1.44 bits per heavy atom. The van der Waals surface area contributed by atoms with Gasteiger partial charge >= 0.3 is 0 Å². The van der Waals surface area contributed by atoms with Gasteiger partial charge in [0.25, 0.3) is 0 Å². The van der Waals surface area contributed by atoms with E-state index in [1.165, 1.54) is 0 Å². The first kappa shape index (κ1) is 19.6. The lowest BCUT2D eigenvalue weighted by Gasteiger charge is -2.19. The summed E-state index contributed by atoms with van der Waals surface area (Å²) in [7, 11) is 0. The van der Waals surface area contributed by atoms with Crippen molar-refractivity contribution >= 4 is 11.6 Å². The monoisotopic (exact) mass is 374 g/mol. The molecule has 0 spiro atoms. The number of nitrogens with one attached hydrogen (secondary N) is 2. The van der Waals surface area contributed by atoms with Gasteiger partial charge in [0.1, 0.15) is 5.82 Å². The highest BCUT2D eigenvalue weighted by atomic mass is 16.5. The summed E-state index contributed by atoms with van der Waals surface area (Å²) in [6.07, 6.45) is 4.96. The first-order valence-electron chi connectivity index (χ1n) is 9.79. The third kappa shape index (κ3) is 5.90. The van der Waals surface area contributed by atoms with Crippen molar-refractivity contribution < 1.29 is 9.47 Å². The second-order valence-corrected chi connectivity index (χ2v) is 6.77. The van der Waals surface area contributed by atoms with Crippen LogP contribution in [-0.4, -0.2) is 65.6 Å². The fraction of sp³-hybridized carbons (Fsp3) is 0.632. The van der Waals surface area contributed by atoms with Crippen LogP contribution >= 0.6 is 0 Å². The van der Waals surface area contributed by atoms with Gasteiger partial charge in [-0.05, 0) is 38.8 Å². The van der Waals surface area contributed by atoms with Crippen molar-refractivity contribution in [2.24, 2.45) is 4.99 Å².